The first-order valence-electron chi connectivity index (χ1n) is 5.89. The Morgan fingerprint density at radius 1 is 1.26 bits per heavy atom. The molecular formula is C12H12ClN5S. The van der Waals surface area contributed by atoms with Gasteiger partial charge in [0.05, 0.1) is 5.71 Å². The quantitative estimate of drug-likeness (QED) is 0.937. The summed E-state index contributed by atoms with van der Waals surface area (Å²) in [4.78, 5) is 0. The van der Waals surface area contributed by atoms with Crippen molar-refractivity contribution in [3.63, 3.8) is 0 Å². The molecule has 5 nitrogen and oxygen atoms in total. The number of rotatable bonds is 3. The van der Waals surface area contributed by atoms with Gasteiger partial charge in [0.15, 0.2) is 5.82 Å². The zero-order chi connectivity index (χ0) is 13.2. The van der Waals surface area contributed by atoms with Gasteiger partial charge in [0.25, 0.3) is 0 Å². The van der Waals surface area contributed by atoms with Crippen LogP contribution in [0.2, 0.25) is 5.02 Å². The fourth-order valence-corrected chi connectivity index (χ4v) is 2.82. The number of aromatic nitrogens is 3. The van der Waals surface area contributed by atoms with Gasteiger partial charge in [0, 0.05) is 17.2 Å². The van der Waals surface area contributed by atoms with Crippen molar-refractivity contribution >= 4 is 29.1 Å². The van der Waals surface area contributed by atoms with Gasteiger partial charge in [-0.2, -0.15) is 9.78 Å². The third-order valence-corrected chi connectivity index (χ3v) is 3.96. The lowest BCUT2D eigenvalue weighted by atomic mass is 10.1. The molecule has 19 heavy (non-hydrogen) atoms. The highest BCUT2D eigenvalue weighted by Crippen LogP contribution is 2.24. The van der Waals surface area contributed by atoms with Crippen LogP contribution in [0.3, 0.4) is 0 Å². The van der Waals surface area contributed by atoms with E-state index >= 15 is 0 Å². The van der Waals surface area contributed by atoms with Crippen LogP contribution in [0.25, 0.3) is 0 Å². The van der Waals surface area contributed by atoms with E-state index in [0.29, 0.717) is 13.0 Å². The molecule has 7 heteroatoms. The van der Waals surface area contributed by atoms with E-state index < -0.39 is 0 Å². The number of nitrogens with two attached hydrogens (primary N) is 1. The molecule has 1 aliphatic heterocycles. The Morgan fingerprint density at radius 3 is 2.79 bits per heavy atom. The summed E-state index contributed by atoms with van der Waals surface area (Å²) in [6.07, 6.45) is 0.672. The molecule has 2 N–H and O–H groups in total. The smallest absolute Gasteiger partial charge is 0.212 e. The molecule has 1 aromatic heterocycles. The number of fused-ring (bicyclic) bond motifs is 1. The van der Waals surface area contributed by atoms with E-state index in [9.17, 15) is 0 Å². The van der Waals surface area contributed by atoms with Crippen molar-refractivity contribution in [2.75, 3.05) is 12.3 Å². The number of benzene rings is 1. The summed E-state index contributed by atoms with van der Waals surface area (Å²) in [5, 5.41) is 14.4. The highest BCUT2D eigenvalue weighted by atomic mass is 35.5. The zero-order valence-electron chi connectivity index (χ0n) is 10.1. The number of hydrogen-bond donors (Lipinski definition) is 1. The van der Waals surface area contributed by atoms with Crippen molar-refractivity contribution in [3.05, 3.63) is 40.7 Å². The molecule has 0 saturated carbocycles. The molecule has 1 aromatic carbocycles. The summed E-state index contributed by atoms with van der Waals surface area (Å²) in [6, 6.07) is 7.68. The largest absolute Gasteiger partial charge is 0.330 e. The van der Waals surface area contributed by atoms with Gasteiger partial charge in [0.2, 0.25) is 5.16 Å². The second kappa shape index (κ2) is 5.32. The van der Waals surface area contributed by atoms with E-state index in [4.69, 9.17) is 17.3 Å². The standard InChI is InChI=1S/C12H12ClN5S/c13-9-3-1-8(2-4-9)10-7-19-12-16-15-11(5-6-14)18(12)17-10/h1-4H,5-7,14H2. The maximum atomic E-state index is 5.90. The average molecular weight is 294 g/mol. The molecule has 2 heterocycles. The molecule has 0 saturated heterocycles. The van der Waals surface area contributed by atoms with Crippen molar-refractivity contribution in [2.45, 2.75) is 11.6 Å². The van der Waals surface area contributed by atoms with Gasteiger partial charge in [-0.05, 0) is 24.2 Å². The van der Waals surface area contributed by atoms with Gasteiger partial charge in [-0.3, -0.25) is 0 Å². The van der Waals surface area contributed by atoms with Crippen molar-refractivity contribution in [3.8, 4) is 0 Å². The molecule has 0 radical (unpaired) electrons. The van der Waals surface area contributed by atoms with Crippen LogP contribution in [-0.4, -0.2) is 32.9 Å². The lowest BCUT2D eigenvalue weighted by Crippen LogP contribution is -2.16. The van der Waals surface area contributed by atoms with E-state index in [-0.39, 0.29) is 0 Å². The summed E-state index contributed by atoms with van der Waals surface area (Å²) in [5.74, 6) is 1.58. The lowest BCUT2D eigenvalue weighted by Gasteiger charge is -2.13. The van der Waals surface area contributed by atoms with Gasteiger partial charge >= 0.3 is 0 Å². The van der Waals surface area contributed by atoms with Crippen LogP contribution in [0.15, 0.2) is 34.5 Å². The van der Waals surface area contributed by atoms with Crippen LogP contribution in [-0.2, 0) is 6.42 Å². The molecule has 0 fully saturated rings. The Balaban J connectivity index is 1.98. The highest BCUT2D eigenvalue weighted by Gasteiger charge is 2.19. The molecule has 0 amide bonds. The molecule has 0 atom stereocenters. The van der Waals surface area contributed by atoms with Crippen molar-refractivity contribution in [1.82, 2.24) is 14.9 Å². The summed E-state index contributed by atoms with van der Waals surface area (Å²) in [7, 11) is 0. The Morgan fingerprint density at radius 2 is 2.05 bits per heavy atom. The summed E-state index contributed by atoms with van der Waals surface area (Å²) >= 11 is 7.52. The topological polar surface area (TPSA) is 69.1 Å². The second-order valence-corrected chi connectivity index (χ2v) is 5.47. The SMILES string of the molecule is NCCc1nnc2n1N=C(c1ccc(Cl)cc1)CS2. The molecule has 1 aliphatic rings. The number of halogens is 1. The predicted molar refractivity (Wildman–Crippen MR) is 76.9 cm³/mol. The van der Waals surface area contributed by atoms with E-state index in [1.807, 2.05) is 24.3 Å². The van der Waals surface area contributed by atoms with Gasteiger partial charge < -0.3 is 5.73 Å². The molecule has 3 rings (SSSR count). The third-order valence-electron chi connectivity index (χ3n) is 2.78. The fraction of sp³-hybridized carbons (Fsp3) is 0.250. The second-order valence-electron chi connectivity index (χ2n) is 4.09. The minimum atomic E-state index is 0.536. The van der Waals surface area contributed by atoms with Gasteiger partial charge in [0.1, 0.15) is 0 Å². The summed E-state index contributed by atoms with van der Waals surface area (Å²) in [6.45, 7) is 0.536. The first kappa shape index (κ1) is 12.7. The summed E-state index contributed by atoms with van der Waals surface area (Å²) < 4.78 is 1.78. The molecule has 0 bridgehead atoms. The maximum absolute atomic E-state index is 5.90. The van der Waals surface area contributed by atoms with E-state index in [0.717, 1.165) is 33.0 Å². The highest BCUT2D eigenvalue weighted by molar-refractivity contribution is 7.99. The normalized spacial score (nSPS) is 14.1. The minimum absolute atomic E-state index is 0.536. The van der Waals surface area contributed by atoms with Crippen molar-refractivity contribution < 1.29 is 0 Å². The number of hydrogen-bond acceptors (Lipinski definition) is 5. The molecule has 0 spiro atoms. The predicted octanol–water partition coefficient (Wildman–Crippen LogP) is 1.79. The Bertz CT molecular complexity index is 620. The lowest BCUT2D eigenvalue weighted by molar-refractivity contribution is 0.702. The number of thioether (sulfide) groups is 1. The van der Waals surface area contributed by atoms with Gasteiger partial charge in [-0.25, -0.2) is 0 Å². The van der Waals surface area contributed by atoms with E-state index in [1.165, 1.54) is 0 Å². The molecule has 98 valence electrons. The molecule has 2 aromatic rings. The first-order valence-corrected chi connectivity index (χ1v) is 7.25. The van der Waals surface area contributed by atoms with Crippen LogP contribution in [0.4, 0.5) is 0 Å². The number of nitrogens with zero attached hydrogens (tertiary/aromatic N) is 4. The monoisotopic (exact) mass is 293 g/mol. The molecule has 0 aliphatic carbocycles. The van der Waals surface area contributed by atoms with Crippen LogP contribution in [0.1, 0.15) is 11.4 Å². The van der Waals surface area contributed by atoms with Gasteiger partial charge in [-0.15, -0.1) is 10.2 Å². The summed E-state index contributed by atoms with van der Waals surface area (Å²) in [5.41, 5.74) is 7.62. The zero-order valence-corrected chi connectivity index (χ0v) is 11.7. The Hall–Kier alpha value is -1.37. The minimum Gasteiger partial charge on any atom is -0.330 e. The third kappa shape index (κ3) is 2.51. The molecule has 0 unspecified atom stereocenters. The fourth-order valence-electron chi connectivity index (χ4n) is 1.84. The van der Waals surface area contributed by atoms with Crippen LogP contribution >= 0.6 is 23.4 Å². The van der Waals surface area contributed by atoms with Crippen molar-refractivity contribution in [2.24, 2.45) is 10.8 Å². The van der Waals surface area contributed by atoms with Crippen LogP contribution < -0.4 is 5.73 Å². The average Bonchev–Trinajstić information content (AvgIpc) is 2.83. The Kier molecular flexibility index (Phi) is 3.54. The van der Waals surface area contributed by atoms with E-state index in [2.05, 4.69) is 15.3 Å². The Labute approximate surface area is 119 Å². The first-order chi connectivity index (χ1) is 9.28. The van der Waals surface area contributed by atoms with Crippen molar-refractivity contribution in [1.29, 1.82) is 0 Å². The van der Waals surface area contributed by atoms with E-state index in [1.54, 1.807) is 16.4 Å². The maximum Gasteiger partial charge on any atom is 0.212 e. The molecular weight excluding hydrogens is 282 g/mol. The van der Waals surface area contributed by atoms with Gasteiger partial charge in [-0.1, -0.05) is 35.5 Å². The van der Waals surface area contributed by atoms with Crippen LogP contribution in [0.5, 0.6) is 0 Å². The van der Waals surface area contributed by atoms with Crippen LogP contribution in [0, 0.1) is 0 Å².